The van der Waals surface area contributed by atoms with Crippen molar-refractivity contribution < 1.29 is 4.80 Å². The van der Waals surface area contributed by atoms with E-state index in [1.807, 2.05) is 13.1 Å². The molecule has 0 heterocycles. The van der Waals surface area contributed by atoms with Crippen LogP contribution in [0.25, 0.3) is 4.98 Å². The van der Waals surface area contributed by atoms with E-state index >= 15 is 0 Å². The molecule has 3 nitrogen and oxygen atoms in total. The molecule has 2 aromatic carbocycles. The lowest BCUT2D eigenvalue weighted by Gasteiger charge is -2.62. The Kier molecular flexibility index (Phi) is 8.69. The Balaban J connectivity index is 2.80. The molecule has 0 fully saturated rings. The van der Waals surface area contributed by atoms with Gasteiger partial charge in [0, 0.05) is 22.6 Å². The monoisotopic (exact) mass is 482 g/mol. The van der Waals surface area contributed by atoms with Crippen molar-refractivity contribution in [2.24, 2.45) is 0 Å². The van der Waals surface area contributed by atoms with Crippen molar-refractivity contribution in [3.63, 3.8) is 0 Å². The maximum absolute atomic E-state index is 14.1. The van der Waals surface area contributed by atoms with Gasteiger partial charge < -0.3 is 14.0 Å². The standard InChI is InChI=1S/C28H46N2OSi2/c1-19(2)23-15-13-16-24(20(3)4)27(23)29-32(9,10)30(33(11,12)31)28-25(21(5)6)17-14-18-26(28)22(7)8/h13-22H,1-12H3/q-2. The Morgan fingerprint density at radius 2 is 0.970 bits per heavy atom. The molecule has 0 N–H and O–H groups in total. The van der Waals surface area contributed by atoms with Gasteiger partial charge in [0.1, 0.15) is 0 Å². The van der Waals surface area contributed by atoms with Crippen LogP contribution in [-0.2, 0) is 0 Å². The summed E-state index contributed by atoms with van der Waals surface area (Å²) in [6.45, 7) is 26.3. The number of para-hydroxylation sites is 1. The molecule has 33 heavy (non-hydrogen) atoms. The molecule has 184 valence electrons. The third kappa shape index (κ3) is 6.11. The predicted octanol–water partition coefficient (Wildman–Crippen LogP) is 8.46. The molecule has 0 saturated carbocycles. The molecule has 0 aliphatic heterocycles. The van der Waals surface area contributed by atoms with Crippen molar-refractivity contribution in [1.29, 1.82) is 0 Å². The Labute approximate surface area is 206 Å². The zero-order chi connectivity index (χ0) is 25.3. The maximum atomic E-state index is 14.1. The Morgan fingerprint density at radius 1 is 0.636 bits per heavy atom. The highest BCUT2D eigenvalue weighted by Crippen LogP contribution is 2.45. The van der Waals surface area contributed by atoms with Crippen LogP contribution in [0.1, 0.15) is 101 Å². The van der Waals surface area contributed by atoms with Gasteiger partial charge in [0.25, 0.3) is 0 Å². The fourth-order valence-corrected chi connectivity index (χ4v) is 12.9. The second-order valence-corrected chi connectivity index (χ2v) is 19.0. The average molecular weight is 483 g/mol. The molecule has 0 amide bonds. The van der Waals surface area contributed by atoms with E-state index in [0.29, 0.717) is 23.7 Å². The van der Waals surface area contributed by atoms with Crippen molar-refractivity contribution >= 4 is 28.3 Å². The first-order valence-electron chi connectivity index (χ1n) is 12.6. The molecule has 0 aromatic heterocycles. The first kappa shape index (κ1) is 27.7. The van der Waals surface area contributed by atoms with Gasteiger partial charge in [-0.15, -0.1) is 5.69 Å². The van der Waals surface area contributed by atoms with E-state index in [9.17, 15) is 4.80 Å². The van der Waals surface area contributed by atoms with E-state index in [1.165, 1.54) is 27.9 Å². The highest BCUT2D eigenvalue weighted by molar-refractivity contribution is 6.99. The van der Waals surface area contributed by atoms with Crippen LogP contribution in [-0.4, -0.2) is 16.9 Å². The lowest BCUT2D eigenvalue weighted by molar-refractivity contribution is -0.205. The smallest absolute Gasteiger partial charge is 0.0475 e. The molecule has 0 unspecified atom stereocenters. The summed E-state index contributed by atoms with van der Waals surface area (Å²) in [6, 6.07) is 13.2. The Morgan fingerprint density at radius 3 is 1.27 bits per heavy atom. The lowest BCUT2D eigenvalue weighted by atomic mass is 9.93. The first-order chi connectivity index (χ1) is 15.1. The fraction of sp³-hybridized carbons (Fsp3) is 0.571. The number of rotatable bonds is 9. The third-order valence-electron chi connectivity index (χ3n) is 6.38. The zero-order valence-electron chi connectivity index (χ0n) is 23.1. The molecule has 0 saturated heterocycles. The largest absolute Gasteiger partial charge is 0.844 e. The summed E-state index contributed by atoms with van der Waals surface area (Å²) in [7, 11) is -5.56. The third-order valence-corrected chi connectivity index (χ3v) is 13.0. The normalized spacial score (nSPS) is 12.9. The van der Waals surface area contributed by atoms with Gasteiger partial charge in [-0.3, -0.25) is 0 Å². The second-order valence-electron chi connectivity index (χ2n) is 11.6. The van der Waals surface area contributed by atoms with Gasteiger partial charge in [-0.25, -0.2) is 0 Å². The van der Waals surface area contributed by atoms with Crippen LogP contribution in [0.3, 0.4) is 0 Å². The number of benzene rings is 2. The average Bonchev–Trinajstić information content (AvgIpc) is 2.65. The van der Waals surface area contributed by atoms with Gasteiger partial charge in [-0.1, -0.05) is 129 Å². The van der Waals surface area contributed by atoms with Gasteiger partial charge >= 0.3 is 0 Å². The van der Waals surface area contributed by atoms with Crippen LogP contribution in [0.15, 0.2) is 36.4 Å². The number of anilines is 1. The molecule has 0 atom stereocenters. The molecule has 0 bridgehead atoms. The van der Waals surface area contributed by atoms with Crippen LogP contribution in [0.4, 0.5) is 11.4 Å². The van der Waals surface area contributed by atoms with Crippen molar-refractivity contribution in [1.82, 2.24) is 0 Å². The topological polar surface area (TPSA) is 40.4 Å². The van der Waals surface area contributed by atoms with Crippen molar-refractivity contribution in [2.75, 3.05) is 4.23 Å². The van der Waals surface area contributed by atoms with Crippen LogP contribution in [0, 0.1) is 0 Å². The molecule has 0 aliphatic carbocycles. The molecule has 0 aliphatic rings. The van der Waals surface area contributed by atoms with Crippen LogP contribution in [0.5, 0.6) is 0 Å². The number of hydrogen-bond acceptors (Lipinski definition) is 2. The van der Waals surface area contributed by atoms with E-state index in [0.717, 1.165) is 5.69 Å². The number of nitrogens with zero attached hydrogens (tertiary/aromatic N) is 2. The van der Waals surface area contributed by atoms with Crippen LogP contribution >= 0.6 is 0 Å². The van der Waals surface area contributed by atoms with Crippen molar-refractivity contribution in [2.45, 2.75) is 105 Å². The second kappa shape index (κ2) is 10.4. The van der Waals surface area contributed by atoms with E-state index in [-0.39, 0.29) is 0 Å². The van der Waals surface area contributed by atoms with E-state index in [4.69, 9.17) is 4.98 Å². The summed E-state index contributed by atoms with van der Waals surface area (Å²) in [5.41, 5.74) is 7.41. The SMILES string of the molecule is CC(C)c1cccc(C(C)C)c1[N-][Si](C)(C)N(c1c(C(C)C)cccc1C(C)C)[Si](C)(C)[O-]. The van der Waals surface area contributed by atoms with Gasteiger partial charge in [0.05, 0.1) is 0 Å². The molecule has 2 rings (SSSR count). The molecular formula is C28H46N2OSi2-2. The molecule has 0 spiro atoms. The van der Waals surface area contributed by atoms with Gasteiger partial charge in [-0.2, -0.15) is 0 Å². The zero-order valence-corrected chi connectivity index (χ0v) is 25.1. The van der Waals surface area contributed by atoms with Gasteiger partial charge in [0.2, 0.25) is 0 Å². The molecular weight excluding hydrogens is 436 g/mol. The predicted molar refractivity (Wildman–Crippen MR) is 150 cm³/mol. The summed E-state index contributed by atoms with van der Waals surface area (Å²) < 4.78 is 2.31. The van der Waals surface area contributed by atoms with Crippen LogP contribution in [0.2, 0.25) is 26.2 Å². The maximum Gasteiger partial charge on any atom is 0.0475 e. The minimum absolute atomic E-state index is 0.344. The highest BCUT2D eigenvalue weighted by atomic mass is 28.4. The Hall–Kier alpha value is -1.57. The van der Waals surface area contributed by atoms with E-state index < -0.39 is 16.9 Å². The number of hydrogen-bond donors (Lipinski definition) is 0. The summed E-state index contributed by atoms with van der Waals surface area (Å²) in [6.07, 6.45) is 0. The quantitative estimate of drug-likeness (QED) is 0.336. The first-order valence-corrected chi connectivity index (χ1v) is 18.3. The van der Waals surface area contributed by atoms with Crippen LogP contribution < -0.4 is 9.03 Å². The van der Waals surface area contributed by atoms with Crippen molar-refractivity contribution in [3.8, 4) is 0 Å². The molecule has 2 aromatic rings. The summed E-state index contributed by atoms with van der Waals surface area (Å²) in [4.78, 5) is 19.6. The molecule has 5 heteroatoms. The van der Waals surface area contributed by atoms with E-state index in [2.05, 4.69) is 109 Å². The fourth-order valence-electron chi connectivity index (χ4n) is 4.94. The van der Waals surface area contributed by atoms with Gasteiger partial charge in [-0.05, 0) is 34.8 Å². The van der Waals surface area contributed by atoms with Gasteiger partial charge in [0.15, 0.2) is 0 Å². The summed E-state index contributed by atoms with van der Waals surface area (Å²) in [5, 5.41) is 0. The highest BCUT2D eigenvalue weighted by Gasteiger charge is 2.32. The van der Waals surface area contributed by atoms with Crippen molar-refractivity contribution in [3.05, 3.63) is 63.6 Å². The Bertz CT molecular complexity index is 891. The lowest BCUT2D eigenvalue weighted by Crippen LogP contribution is -2.69. The summed E-state index contributed by atoms with van der Waals surface area (Å²) >= 11 is 0. The summed E-state index contributed by atoms with van der Waals surface area (Å²) in [5.74, 6) is 1.45. The minimum Gasteiger partial charge on any atom is -0.844 e. The minimum atomic E-state index is -3.01. The molecule has 0 radical (unpaired) electrons. The van der Waals surface area contributed by atoms with E-state index in [1.54, 1.807) is 0 Å².